The summed E-state index contributed by atoms with van der Waals surface area (Å²) in [5.41, 5.74) is 0. The number of carbonyl (C=O) groups is 2. The van der Waals surface area contributed by atoms with Crippen molar-refractivity contribution in [1.29, 1.82) is 0 Å². The number of hydrogen-bond donors (Lipinski definition) is 1. The molecular formula is C11H15NO4. The summed E-state index contributed by atoms with van der Waals surface area (Å²) in [6, 6.07) is 3.03. The number of hydrogen-bond acceptors (Lipinski definition) is 3. The van der Waals surface area contributed by atoms with Crippen molar-refractivity contribution in [3.63, 3.8) is 0 Å². The van der Waals surface area contributed by atoms with Crippen LogP contribution in [0.25, 0.3) is 0 Å². The molecule has 0 bridgehead atoms. The van der Waals surface area contributed by atoms with E-state index in [1.165, 1.54) is 12.1 Å². The Hall–Kier alpha value is -1.78. The van der Waals surface area contributed by atoms with Crippen LogP contribution in [0.4, 0.5) is 0 Å². The van der Waals surface area contributed by atoms with E-state index in [-0.39, 0.29) is 18.1 Å². The Balaban J connectivity index is 2.77. The number of aliphatic carboxylic acids is 1. The van der Waals surface area contributed by atoms with Crippen LogP contribution in [0.15, 0.2) is 16.5 Å². The number of rotatable bonds is 5. The van der Waals surface area contributed by atoms with Gasteiger partial charge < -0.3 is 14.4 Å². The van der Waals surface area contributed by atoms with Crippen LogP contribution in [0.2, 0.25) is 0 Å². The lowest BCUT2D eigenvalue weighted by Crippen LogP contribution is -2.30. The van der Waals surface area contributed by atoms with Crippen LogP contribution in [0.1, 0.15) is 30.2 Å². The lowest BCUT2D eigenvalue weighted by molar-refractivity contribution is -0.136. The van der Waals surface area contributed by atoms with Gasteiger partial charge in [-0.1, -0.05) is 0 Å². The minimum Gasteiger partial charge on any atom is -0.481 e. The molecule has 1 aromatic rings. The molecule has 1 rings (SSSR count). The average Bonchev–Trinajstić information content (AvgIpc) is 2.67. The molecule has 0 aliphatic carbocycles. The first-order valence-electron chi connectivity index (χ1n) is 5.18. The van der Waals surface area contributed by atoms with Crippen molar-refractivity contribution in [2.75, 3.05) is 13.1 Å². The minimum absolute atomic E-state index is 0.194. The van der Waals surface area contributed by atoms with Crippen molar-refractivity contribution in [3.05, 3.63) is 23.7 Å². The monoisotopic (exact) mass is 225 g/mol. The summed E-state index contributed by atoms with van der Waals surface area (Å²) in [6.45, 7) is 4.96. The highest BCUT2D eigenvalue weighted by Gasteiger charge is 2.17. The Morgan fingerprint density at radius 1 is 1.31 bits per heavy atom. The highest BCUT2D eigenvalue weighted by molar-refractivity contribution is 5.91. The fourth-order valence-corrected chi connectivity index (χ4v) is 1.40. The van der Waals surface area contributed by atoms with Gasteiger partial charge in [0, 0.05) is 13.1 Å². The number of nitrogens with zero attached hydrogens (tertiary/aromatic N) is 1. The van der Waals surface area contributed by atoms with Crippen LogP contribution in [0.3, 0.4) is 0 Å². The fraction of sp³-hybridized carbons (Fsp3) is 0.455. The number of carboxylic acids is 1. The van der Waals surface area contributed by atoms with Crippen molar-refractivity contribution >= 4 is 11.9 Å². The van der Waals surface area contributed by atoms with Crippen molar-refractivity contribution in [2.45, 2.75) is 20.3 Å². The third-order valence-corrected chi connectivity index (χ3v) is 2.25. The summed E-state index contributed by atoms with van der Waals surface area (Å²) in [4.78, 5) is 23.8. The van der Waals surface area contributed by atoms with Crippen LogP contribution < -0.4 is 0 Å². The zero-order valence-electron chi connectivity index (χ0n) is 9.40. The molecule has 1 amide bonds. The second-order valence-corrected chi connectivity index (χ2v) is 3.31. The summed E-state index contributed by atoms with van der Waals surface area (Å²) < 4.78 is 5.17. The molecule has 5 nitrogen and oxygen atoms in total. The molecule has 0 spiro atoms. The maximum absolute atomic E-state index is 11.8. The predicted molar refractivity (Wildman–Crippen MR) is 57.3 cm³/mol. The van der Waals surface area contributed by atoms with Gasteiger partial charge in [0.15, 0.2) is 5.76 Å². The fourth-order valence-electron chi connectivity index (χ4n) is 1.40. The molecule has 88 valence electrons. The molecule has 0 fully saturated rings. The summed E-state index contributed by atoms with van der Waals surface area (Å²) in [5.74, 6) is -0.694. The van der Waals surface area contributed by atoms with E-state index in [1.807, 2.05) is 13.8 Å². The second-order valence-electron chi connectivity index (χ2n) is 3.31. The second kappa shape index (κ2) is 5.34. The van der Waals surface area contributed by atoms with E-state index in [2.05, 4.69) is 0 Å². The van der Waals surface area contributed by atoms with Crippen LogP contribution in [0.5, 0.6) is 0 Å². The zero-order valence-corrected chi connectivity index (χ0v) is 9.40. The molecule has 1 heterocycles. The van der Waals surface area contributed by atoms with Crippen molar-refractivity contribution in [2.24, 2.45) is 0 Å². The van der Waals surface area contributed by atoms with Gasteiger partial charge in [-0.25, -0.2) is 0 Å². The Labute approximate surface area is 93.7 Å². The number of carbonyl (C=O) groups excluding carboxylic acids is 1. The van der Waals surface area contributed by atoms with E-state index >= 15 is 0 Å². The lowest BCUT2D eigenvalue weighted by Gasteiger charge is -2.16. The summed E-state index contributed by atoms with van der Waals surface area (Å²) >= 11 is 0. The van der Waals surface area contributed by atoms with Gasteiger partial charge in [0.1, 0.15) is 12.2 Å². The van der Waals surface area contributed by atoms with Gasteiger partial charge in [0.05, 0.1) is 0 Å². The van der Waals surface area contributed by atoms with Crippen molar-refractivity contribution < 1.29 is 19.1 Å². The maximum Gasteiger partial charge on any atom is 0.311 e. The van der Waals surface area contributed by atoms with Crippen LogP contribution >= 0.6 is 0 Å². The molecule has 0 saturated carbocycles. The van der Waals surface area contributed by atoms with Gasteiger partial charge in [-0.15, -0.1) is 0 Å². The molecule has 16 heavy (non-hydrogen) atoms. The molecule has 0 aliphatic rings. The van der Waals surface area contributed by atoms with E-state index in [1.54, 1.807) is 4.90 Å². The van der Waals surface area contributed by atoms with Gasteiger partial charge >= 0.3 is 5.97 Å². The Kier molecular flexibility index (Phi) is 4.10. The highest BCUT2D eigenvalue weighted by atomic mass is 16.4. The van der Waals surface area contributed by atoms with Crippen LogP contribution in [-0.2, 0) is 11.2 Å². The van der Waals surface area contributed by atoms with Crippen LogP contribution in [-0.4, -0.2) is 35.0 Å². The van der Waals surface area contributed by atoms with Gasteiger partial charge in [-0.05, 0) is 26.0 Å². The van der Waals surface area contributed by atoms with Gasteiger partial charge in [0.2, 0.25) is 0 Å². The van der Waals surface area contributed by atoms with Crippen molar-refractivity contribution in [3.8, 4) is 0 Å². The van der Waals surface area contributed by atoms with E-state index < -0.39 is 5.97 Å². The molecule has 1 aromatic heterocycles. The minimum atomic E-state index is -0.976. The van der Waals surface area contributed by atoms with E-state index in [0.29, 0.717) is 18.8 Å². The lowest BCUT2D eigenvalue weighted by atomic mass is 10.3. The van der Waals surface area contributed by atoms with Gasteiger partial charge in [-0.2, -0.15) is 0 Å². The SMILES string of the molecule is CCN(CC)C(=O)c1ccc(CC(=O)O)o1. The summed E-state index contributed by atoms with van der Waals surface area (Å²) in [5, 5.41) is 8.56. The molecule has 0 radical (unpaired) electrons. The molecule has 0 unspecified atom stereocenters. The largest absolute Gasteiger partial charge is 0.481 e. The average molecular weight is 225 g/mol. The first-order chi connectivity index (χ1) is 7.58. The molecule has 5 heteroatoms. The Morgan fingerprint density at radius 3 is 2.44 bits per heavy atom. The normalized spacial score (nSPS) is 10.1. The van der Waals surface area contributed by atoms with Crippen molar-refractivity contribution in [1.82, 2.24) is 4.90 Å². The molecule has 0 aliphatic heterocycles. The summed E-state index contributed by atoms with van der Waals surface area (Å²) in [6.07, 6.45) is -0.203. The number of amides is 1. The van der Waals surface area contributed by atoms with Crippen LogP contribution in [0, 0.1) is 0 Å². The predicted octanol–water partition coefficient (Wildman–Crippen LogP) is 1.39. The standard InChI is InChI=1S/C11H15NO4/c1-3-12(4-2)11(15)9-6-5-8(16-9)7-10(13)14/h5-6H,3-4,7H2,1-2H3,(H,13,14). The number of furan rings is 1. The molecular weight excluding hydrogens is 210 g/mol. The third-order valence-electron chi connectivity index (χ3n) is 2.25. The Morgan fingerprint density at radius 2 is 1.94 bits per heavy atom. The van der Waals surface area contributed by atoms with Gasteiger partial charge in [-0.3, -0.25) is 9.59 Å². The van der Waals surface area contributed by atoms with Gasteiger partial charge in [0.25, 0.3) is 5.91 Å². The highest BCUT2D eigenvalue weighted by Crippen LogP contribution is 2.11. The molecule has 0 atom stereocenters. The zero-order chi connectivity index (χ0) is 12.1. The van der Waals surface area contributed by atoms with E-state index in [0.717, 1.165) is 0 Å². The maximum atomic E-state index is 11.8. The quantitative estimate of drug-likeness (QED) is 0.822. The first kappa shape index (κ1) is 12.3. The Bertz CT molecular complexity index is 379. The first-order valence-corrected chi connectivity index (χ1v) is 5.18. The number of carboxylic acid groups (broad SMARTS) is 1. The molecule has 1 N–H and O–H groups in total. The molecule has 0 aromatic carbocycles. The summed E-state index contributed by atoms with van der Waals surface area (Å²) in [7, 11) is 0. The third kappa shape index (κ3) is 2.85. The molecule has 0 saturated heterocycles. The van der Waals surface area contributed by atoms with E-state index in [4.69, 9.17) is 9.52 Å². The smallest absolute Gasteiger partial charge is 0.311 e. The topological polar surface area (TPSA) is 70.8 Å². The van der Waals surface area contributed by atoms with E-state index in [9.17, 15) is 9.59 Å².